The molecule has 0 aliphatic carbocycles. The first kappa shape index (κ1) is 56.5. The predicted molar refractivity (Wildman–Crippen MR) is 247 cm³/mol. The molecule has 7 atom stereocenters. The third kappa shape index (κ3) is 19.7. The molecule has 69 heavy (non-hydrogen) atoms. The van der Waals surface area contributed by atoms with E-state index in [2.05, 4.69) is 47.9 Å². The number of benzene rings is 1. The van der Waals surface area contributed by atoms with Gasteiger partial charge in [0.15, 0.2) is 0 Å². The molecule has 0 unspecified atom stereocenters. The number of amides is 10. The molecule has 13 N–H and O–H groups in total. The van der Waals surface area contributed by atoms with E-state index in [4.69, 9.17) is 5.73 Å². The summed E-state index contributed by atoms with van der Waals surface area (Å²) in [6.45, 7) is 7.76. The third-order valence-corrected chi connectivity index (χ3v) is 11.3. The summed E-state index contributed by atoms with van der Waals surface area (Å²) in [5, 5.41) is 42.3. The van der Waals surface area contributed by atoms with Crippen molar-refractivity contribution in [3.63, 3.8) is 0 Å². The van der Waals surface area contributed by atoms with Gasteiger partial charge in [-0.15, -0.1) is 0 Å². The fourth-order valence-electron chi connectivity index (χ4n) is 7.68. The molecule has 10 amide bonds. The number of aromatic hydroxyl groups is 1. The van der Waals surface area contributed by atoms with Crippen molar-refractivity contribution in [1.29, 1.82) is 0 Å². The van der Waals surface area contributed by atoms with E-state index in [9.17, 15) is 63.0 Å². The number of rotatable bonds is 27. The standard InChI is InChI=1S/C45H69N11O13/c1-24(2)18-31(54-42(65)30(14-15-35(46)58)52-36(59)21-48-40(63)29-8-6-16-47-29)41(64)49-22-37(60)53-32(19-25(3)4)43(66)51-26(5)39(62)50-23-38(61)56-17-7-9-34(56)44(67)55-33(45(68)69)20-27-10-12-28(57)13-11-27/h10-13,24-26,29-34,47,57H,6-9,14-23H2,1-5H3,(H2,46,58)(H,48,63)(H,49,64)(H,50,62)(H,51,66)(H,52,59)(H,53,60)(H,54,65)(H,55,67)(H,68,69)/t26-,29-,30-,31-,32-,33-,34-/m0/s1. The van der Waals surface area contributed by atoms with Crippen LogP contribution in [0.4, 0.5) is 0 Å². The Kier molecular flexibility index (Phi) is 22.8. The second-order valence-corrected chi connectivity index (χ2v) is 18.1. The zero-order valence-corrected chi connectivity index (χ0v) is 39.8. The van der Waals surface area contributed by atoms with Gasteiger partial charge in [-0.05, 0) is 87.9 Å². The minimum absolute atomic E-state index is 0.00632. The van der Waals surface area contributed by atoms with E-state index in [0.717, 1.165) is 6.42 Å². The summed E-state index contributed by atoms with van der Waals surface area (Å²) in [4.78, 5) is 143. The van der Waals surface area contributed by atoms with E-state index in [1.54, 1.807) is 27.7 Å². The minimum Gasteiger partial charge on any atom is -0.508 e. The number of nitrogens with one attached hydrogen (secondary N) is 9. The number of nitrogens with two attached hydrogens (primary N) is 1. The summed E-state index contributed by atoms with van der Waals surface area (Å²) in [6.07, 6.45) is 1.80. The van der Waals surface area contributed by atoms with E-state index < -0.39 is 121 Å². The fraction of sp³-hybridized carbons (Fsp3) is 0.622. The van der Waals surface area contributed by atoms with E-state index in [-0.39, 0.29) is 68.6 Å². The van der Waals surface area contributed by atoms with Gasteiger partial charge in [0.25, 0.3) is 0 Å². The van der Waals surface area contributed by atoms with Crippen LogP contribution in [0.3, 0.4) is 0 Å². The van der Waals surface area contributed by atoms with E-state index in [1.165, 1.54) is 36.1 Å². The lowest BCUT2D eigenvalue weighted by molar-refractivity contribution is -0.144. The molecule has 0 aromatic heterocycles. The van der Waals surface area contributed by atoms with Crippen molar-refractivity contribution in [1.82, 2.24) is 52.8 Å². The maximum Gasteiger partial charge on any atom is 0.326 e. The molecule has 0 bridgehead atoms. The largest absolute Gasteiger partial charge is 0.508 e. The van der Waals surface area contributed by atoms with Crippen molar-refractivity contribution >= 4 is 65.0 Å². The molecule has 2 fully saturated rings. The average molecular weight is 972 g/mol. The molecule has 0 radical (unpaired) electrons. The van der Waals surface area contributed by atoms with Crippen LogP contribution in [0.25, 0.3) is 0 Å². The molecule has 2 saturated heterocycles. The third-order valence-electron chi connectivity index (χ3n) is 11.3. The highest BCUT2D eigenvalue weighted by Gasteiger charge is 2.37. The lowest BCUT2D eigenvalue weighted by Gasteiger charge is -2.26. The number of carbonyl (C=O) groups is 11. The zero-order valence-electron chi connectivity index (χ0n) is 39.8. The first-order valence-corrected chi connectivity index (χ1v) is 23.2. The molecular weight excluding hydrogens is 903 g/mol. The van der Waals surface area contributed by atoms with Crippen molar-refractivity contribution in [2.75, 3.05) is 32.7 Å². The first-order valence-electron chi connectivity index (χ1n) is 23.2. The summed E-state index contributed by atoms with van der Waals surface area (Å²) in [7, 11) is 0. The van der Waals surface area contributed by atoms with Crippen LogP contribution in [-0.2, 0) is 59.2 Å². The molecule has 3 rings (SSSR count). The van der Waals surface area contributed by atoms with Crippen molar-refractivity contribution < 1.29 is 63.0 Å². The topological polar surface area (TPSA) is 366 Å². The number of carboxylic acid groups (broad SMARTS) is 1. The number of primary amides is 1. The van der Waals surface area contributed by atoms with Gasteiger partial charge in [-0.25, -0.2) is 4.79 Å². The summed E-state index contributed by atoms with van der Waals surface area (Å²) < 4.78 is 0. The predicted octanol–water partition coefficient (Wildman–Crippen LogP) is -3.09. The highest BCUT2D eigenvalue weighted by atomic mass is 16.4. The number of nitrogens with zero attached hydrogens (tertiary/aromatic N) is 1. The summed E-state index contributed by atoms with van der Waals surface area (Å²) in [5.74, 6) is -8.54. The number of aliphatic carboxylic acids is 1. The monoisotopic (exact) mass is 972 g/mol. The number of hydrogen-bond donors (Lipinski definition) is 12. The van der Waals surface area contributed by atoms with Gasteiger partial charge in [0.05, 0.1) is 25.7 Å². The van der Waals surface area contributed by atoms with Gasteiger partial charge >= 0.3 is 5.97 Å². The smallest absolute Gasteiger partial charge is 0.326 e. The highest BCUT2D eigenvalue weighted by molar-refractivity contribution is 5.97. The van der Waals surface area contributed by atoms with Crippen molar-refractivity contribution in [2.45, 2.75) is 135 Å². The molecule has 24 nitrogen and oxygen atoms in total. The minimum atomic E-state index is -1.31. The van der Waals surface area contributed by atoms with Gasteiger partial charge in [-0.3, -0.25) is 47.9 Å². The first-order chi connectivity index (χ1) is 32.5. The summed E-state index contributed by atoms with van der Waals surface area (Å²) in [6, 6.07) is -1.79. The van der Waals surface area contributed by atoms with Crippen LogP contribution in [0, 0.1) is 11.8 Å². The summed E-state index contributed by atoms with van der Waals surface area (Å²) >= 11 is 0. The number of carboxylic acids is 1. The van der Waals surface area contributed by atoms with Gasteiger partial charge in [0.2, 0.25) is 59.1 Å². The Morgan fingerprint density at radius 2 is 1.25 bits per heavy atom. The Morgan fingerprint density at radius 3 is 1.83 bits per heavy atom. The van der Waals surface area contributed by atoms with E-state index in [1.807, 2.05) is 0 Å². The van der Waals surface area contributed by atoms with Gasteiger partial charge in [0.1, 0.15) is 42.0 Å². The lowest BCUT2D eigenvalue weighted by Crippen LogP contribution is -2.57. The average Bonchev–Trinajstić information content (AvgIpc) is 4.02. The highest BCUT2D eigenvalue weighted by Crippen LogP contribution is 2.19. The Balaban J connectivity index is 1.53. The number of likely N-dealkylation sites (tertiary alicyclic amines) is 1. The molecule has 0 spiro atoms. The van der Waals surface area contributed by atoms with Crippen molar-refractivity contribution in [2.24, 2.45) is 17.6 Å². The van der Waals surface area contributed by atoms with Gasteiger partial charge in [-0.1, -0.05) is 39.8 Å². The molecule has 24 heteroatoms. The van der Waals surface area contributed by atoms with Crippen LogP contribution < -0.4 is 53.6 Å². The normalized spacial score (nSPS) is 17.6. The number of hydrogen-bond acceptors (Lipinski definition) is 13. The van der Waals surface area contributed by atoms with E-state index in [0.29, 0.717) is 24.9 Å². The molecule has 2 heterocycles. The quantitative estimate of drug-likeness (QED) is 0.0416. The Bertz CT molecular complexity index is 2010. The molecule has 1 aromatic rings. The maximum atomic E-state index is 13.4. The van der Waals surface area contributed by atoms with Crippen LogP contribution in [0.5, 0.6) is 5.75 Å². The summed E-state index contributed by atoms with van der Waals surface area (Å²) in [5.41, 5.74) is 5.85. The van der Waals surface area contributed by atoms with E-state index >= 15 is 0 Å². The molecular formula is C45H69N11O13. The van der Waals surface area contributed by atoms with Gasteiger partial charge < -0.3 is 68.7 Å². The van der Waals surface area contributed by atoms with Crippen LogP contribution >= 0.6 is 0 Å². The number of phenolic OH excluding ortho intramolecular Hbond substituents is 1. The molecule has 2 aliphatic heterocycles. The molecule has 1 aromatic carbocycles. The van der Waals surface area contributed by atoms with Gasteiger partial charge in [0, 0.05) is 19.4 Å². The Morgan fingerprint density at radius 1 is 0.667 bits per heavy atom. The van der Waals surface area contributed by atoms with Crippen molar-refractivity contribution in [3.05, 3.63) is 29.8 Å². The second-order valence-electron chi connectivity index (χ2n) is 18.1. The SMILES string of the molecule is CC(C)C[C@H](NC(=O)CNC(=O)[C@H](CC(C)C)NC(=O)[C@H](CCC(N)=O)NC(=O)CNC(=O)[C@@H]1CCCN1)C(=O)N[C@@H](C)C(=O)NCC(=O)N1CCC[C@H]1C(=O)N[C@@H](Cc1ccc(O)cc1)C(=O)O. The van der Waals surface area contributed by atoms with Gasteiger partial charge in [-0.2, -0.15) is 0 Å². The second kappa shape index (κ2) is 27.8. The molecule has 2 aliphatic rings. The zero-order chi connectivity index (χ0) is 51.4. The molecule has 0 saturated carbocycles. The van der Waals surface area contributed by atoms with Crippen LogP contribution in [-0.4, -0.2) is 155 Å². The fourth-order valence-corrected chi connectivity index (χ4v) is 7.68. The number of phenols is 1. The molecule has 382 valence electrons. The maximum absolute atomic E-state index is 13.4. The van der Waals surface area contributed by atoms with Crippen LogP contribution in [0.1, 0.15) is 91.5 Å². The van der Waals surface area contributed by atoms with Crippen LogP contribution in [0.2, 0.25) is 0 Å². The van der Waals surface area contributed by atoms with Crippen molar-refractivity contribution in [3.8, 4) is 5.75 Å². The Labute approximate surface area is 400 Å². The van der Waals surface area contributed by atoms with Crippen LogP contribution in [0.15, 0.2) is 24.3 Å². The Hall–Kier alpha value is -6.85. The lowest BCUT2D eigenvalue weighted by atomic mass is 10.0. The number of carbonyl (C=O) groups excluding carboxylic acids is 10.